The van der Waals surface area contributed by atoms with Gasteiger partial charge in [-0.05, 0) is 40.0 Å². The van der Waals surface area contributed by atoms with Gasteiger partial charge in [0.1, 0.15) is 0 Å². The van der Waals surface area contributed by atoms with Crippen LogP contribution in [0.1, 0.15) is 35.2 Å². The molecule has 0 saturated heterocycles. The zero-order chi connectivity index (χ0) is 13.3. The van der Waals surface area contributed by atoms with Crippen molar-refractivity contribution in [1.82, 2.24) is 0 Å². The van der Waals surface area contributed by atoms with Crippen LogP contribution in [0.2, 0.25) is 0 Å². The first-order chi connectivity index (χ1) is 8.43. The number of hydrogen-bond acceptors (Lipinski definition) is 1. The van der Waals surface area contributed by atoms with E-state index in [0.29, 0.717) is 0 Å². The fraction of sp³-hybridized carbons (Fsp3) is 0.333. The molecule has 0 aliphatic carbocycles. The maximum atomic E-state index is 6.74. The van der Waals surface area contributed by atoms with Gasteiger partial charge in [0.05, 0.1) is 9.16 Å². The highest BCUT2D eigenvalue weighted by Crippen LogP contribution is 2.45. The van der Waals surface area contributed by atoms with Crippen LogP contribution < -0.4 is 0 Å². The molecule has 3 heteroatoms. The highest BCUT2D eigenvalue weighted by Gasteiger charge is 2.32. The van der Waals surface area contributed by atoms with Crippen molar-refractivity contribution >= 4 is 38.9 Å². The molecular formula is C15H16BrClS. The van der Waals surface area contributed by atoms with E-state index >= 15 is 0 Å². The zero-order valence-corrected chi connectivity index (χ0v) is 13.9. The second kappa shape index (κ2) is 5.36. The van der Waals surface area contributed by atoms with Crippen LogP contribution in [0.3, 0.4) is 0 Å². The van der Waals surface area contributed by atoms with Crippen molar-refractivity contribution in [2.75, 3.05) is 0 Å². The minimum absolute atomic E-state index is 0.0255. The van der Waals surface area contributed by atoms with Gasteiger partial charge in [0.25, 0.3) is 0 Å². The molecule has 96 valence electrons. The summed E-state index contributed by atoms with van der Waals surface area (Å²) in [6, 6.07) is 12.6. The number of halogens is 2. The van der Waals surface area contributed by atoms with Gasteiger partial charge in [0.15, 0.2) is 0 Å². The van der Waals surface area contributed by atoms with Crippen LogP contribution in [0.15, 0.2) is 40.2 Å². The summed E-state index contributed by atoms with van der Waals surface area (Å²) in [4.78, 5) is 1.28. The Morgan fingerprint density at radius 3 is 2.33 bits per heavy atom. The SMILES string of the molecule is Cc1sc(Br)cc1C(Cl)C(C)(C)c1ccccc1. The second-order valence-corrected chi connectivity index (χ2v) is 8.08. The van der Waals surface area contributed by atoms with Crippen LogP contribution in [0.25, 0.3) is 0 Å². The third-order valence-corrected chi connectivity index (χ3v) is 5.70. The molecule has 0 aliphatic rings. The maximum absolute atomic E-state index is 6.74. The lowest BCUT2D eigenvalue weighted by Gasteiger charge is -2.31. The first kappa shape index (κ1) is 14.1. The third kappa shape index (κ3) is 2.66. The van der Waals surface area contributed by atoms with E-state index in [2.05, 4.69) is 67.0 Å². The lowest BCUT2D eigenvalue weighted by Crippen LogP contribution is -2.23. The zero-order valence-electron chi connectivity index (χ0n) is 10.7. The largest absolute Gasteiger partial charge is 0.133 e. The highest BCUT2D eigenvalue weighted by molar-refractivity contribution is 9.11. The van der Waals surface area contributed by atoms with E-state index in [1.807, 2.05) is 6.07 Å². The van der Waals surface area contributed by atoms with E-state index in [1.165, 1.54) is 16.0 Å². The number of benzene rings is 1. The van der Waals surface area contributed by atoms with E-state index in [1.54, 1.807) is 11.3 Å². The van der Waals surface area contributed by atoms with Crippen molar-refractivity contribution in [3.8, 4) is 0 Å². The molecule has 18 heavy (non-hydrogen) atoms. The van der Waals surface area contributed by atoms with Crippen LogP contribution in [0.4, 0.5) is 0 Å². The number of rotatable bonds is 3. The molecule has 0 N–H and O–H groups in total. The van der Waals surface area contributed by atoms with Gasteiger partial charge in [0, 0.05) is 10.3 Å². The monoisotopic (exact) mass is 342 g/mol. The molecule has 1 aromatic carbocycles. The summed E-state index contributed by atoms with van der Waals surface area (Å²) < 4.78 is 1.14. The van der Waals surface area contributed by atoms with Crippen molar-refractivity contribution in [3.05, 3.63) is 56.2 Å². The molecule has 0 radical (unpaired) electrons. The normalized spacial score (nSPS) is 13.6. The lowest BCUT2D eigenvalue weighted by molar-refractivity contribution is 0.504. The quantitative estimate of drug-likeness (QED) is 0.593. The van der Waals surface area contributed by atoms with Crippen LogP contribution >= 0.6 is 38.9 Å². The molecule has 0 aliphatic heterocycles. The molecule has 2 aromatic rings. The summed E-state index contributed by atoms with van der Waals surface area (Å²) in [5, 5.41) is -0.0255. The predicted octanol–water partition coefficient (Wildman–Crippen LogP) is 6.08. The minimum atomic E-state index is -0.0892. The average molecular weight is 344 g/mol. The summed E-state index contributed by atoms with van der Waals surface area (Å²) in [5.74, 6) is 0. The number of hydrogen-bond donors (Lipinski definition) is 0. The van der Waals surface area contributed by atoms with E-state index in [9.17, 15) is 0 Å². The summed E-state index contributed by atoms with van der Waals surface area (Å²) in [6.45, 7) is 6.53. The summed E-state index contributed by atoms with van der Waals surface area (Å²) >= 11 is 12.0. The molecular weight excluding hydrogens is 328 g/mol. The van der Waals surface area contributed by atoms with Gasteiger partial charge in [-0.1, -0.05) is 44.2 Å². The maximum Gasteiger partial charge on any atom is 0.0704 e. The molecule has 0 spiro atoms. The topological polar surface area (TPSA) is 0 Å². The molecule has 1 unspecified atom stereocenters. The smallest absolute Gasteiger partial charge is 0.0704 e. The van der Waals surface area contributed by atoms with Crippen molar-refractivity contribution in [3.63, 3.8) is 0 Å². The highest BCUT2D eigenvalue weighted by atomic mass is 79.9. The molecule has 1 atom stereocenters. The fourth-order valence-electron chi connectivity index (χ4n) is 2.11. The molecule has 0 nitrogen and oxygen atoms in total. The standard InChI is InChI=1S/C15H16BrClS/c1-10-12(9-13(16)18-10)14(17)15(2,3)11-7-5-4-6-8-11/h4-9,14H,1-3H3. The predicted molar refractivity (Wildman–Crippen MR) is 84.8 cm³/mol. The Hall–Kier alpha value is -0.310. The van der Waals surface area contributed by atoms with Gasteiger partial charge in [0.2, 0.25) is 0 Å². The van der Waals surface area contributed by atoms with Gasteiger partial charge in [-0.15, -0.1) is 22.9 Å². The Labute approximate surface area is 126 Å². The Balaban J connectivity index is 2.39. The molecule has 1 aromatic heterocycles. The van der Waals surface area contributed by atoms with Crippen LogP contribution in [-0.2, 0) is 5.41 Å². The summed E-state index contributed by atoms with van der Waals surface area (Å²) in [7, 11) is 0. The van der Waals surface area contributed by atoms with E-state index in [-0.39, 0.29) is 10.8 Å². The van der Waals surface area contributed by atoms with Crippen molar-refractivity contribution in [2.45, 2.75) is 31.6 Å². The second-order valence-electron chi connectivity index (χ2n) is 5.01. The van der Waals surface area contributed by atoms with Gasteiger partial charge >= 0.3 is 0 Å². The number of aryl methyl sites for hydroxylation is 1. The Morgan fingerprint density at radius 2 is 1.83 bits per heavy atom. The van der Waals surface area contributed by atoms with E-state index in [4.69, 9.17) is 11.6 Å². The van der Waals surface area contributed by atoms with E-state index < -0.39 is 0 Å². The van der Waals surface area contributed by atoms with Gasteiger partial charge < -0.3 is 0 Å². The Morgan fingerprint density at radius 1 is 1.22 bits per heavy atom. The Kier molecular flexibility index (Phi) is 4.20. The van der Waals surface area contributed by atoms with Crippen molar-refractivity contribution in [2.24, 2.45) is 0 Å². The summed E-state index contributed by atoms with van der Waals surface area (Å²) in [5.41, 5.74) is 2.41. The molecule has 0 saturated carbocycles. The minimum Gasteiger partial charge on any atom is -0.133 e. The van der Waals surface area contributed by atoms with E-state index in [0.717, 1.165) is 3.79 Å². The van der Waals surface area contributed by atoms with Crippen LogP contribution in [-0.4, -0.2) is 0 Å². The lowest BCUT2D eigenvalue weighted by atomic mass is 9.79. The van der Waals surface area contributed by atoms with Crippen molar-refractivity contribution in [1.29, 1.82) is 0 Å². The summed E-state index contributed by atoms with van der Waals surface area (Å²) in [6.07, 6.45) is 0. The fourth-order valence-corrected chi connectivity index (χ4v) is 4.28. The van der Waals surface area contributed by atoms with Gasteiger partial charge in [-0.2, -0.15) is 0 Å². The van der Waals surface area contributed by atoms with Crippen LogP contribution in [0, 0.1) is 6.92 Å². The molecule has 2 rings (SSSR count). The third-order valence-electron chi connectivity index (χ3n) is 3.35. The molecule has 0 fully saturated rings. The van der Waals surface area contributed by atoms with Crippen LogP contribution in [0.5, 0.6) is 0 Å². The first-order valence-corrected chi connectivity index (χ1v) is 7.93. The Bertz CT molecular complexity index is 531. The van der Waals surface area contributed by atoms with Crippen molar-refractivity contribution < 1.29 is 0 Å². The number of alkyl halides is 1. The molecule has 1 heterocycles. The average Bonchev–Trinajstić information content (AvgIpc) is 2.68. The first-order valence-electron chi connectivity index (χ1n) is 5.88. The molecule has 0 amide bonds. The van der Waals surface area contributed by atoms with Gasteiger partial charge in [-0.25, -0.2) is 0 Å². The molecule has 0 bridgehead atoms. The number of thiophene rings is 1. The van der Waals surface area contributed by atoms with Gasteiger partial charge in [-0.3, -0.25) is 0 Å².